The average Bonchev–Trinajstić information content (AvgIpc) is 2.50. The van der Waals surface area contributed by atoms with Crippen molar-refractivity contribution in [1.82, 2.24) is 0 Å². The van der Waals surface area contributed by atoms with Gasteiger partial charge in [-0.1, -0.05) is 48.9 Å². The Morgan fingerprint density at radius 1 is 1.14 bits per heavy atom. The van der Waals surface area contributed by atoms with E-state index in [0.717, 1.165) is 22.8 Å². The van der Waals surface area contributed by atoms with Crippen molar-refractivity contribution in [2.75, 3.05) is 13.2 Å². The Balaban J connectivity index is 2.01. The van der Waals surface area contributed by atoms with E-state index in [9.17, 15) is 0 Å². The highest BCUT2D eigenvalue weighted by Crippen LogP contribution is 2.28. The van der Waals surface area contributed by atoms with Gasteiger partial charge in [-0.15, -0.1) is 0 Å². The largest absolute Gasteiger partial charge is 0.493 e. The number of hydrogen-bond donors (Lipinski definition) is 1. The molecule has 0 radical (unpaired) electrons. The minimum Gasteiger partial charge on any atom is -0.493 e. The van der Waals surface area contributed by atoms with Crippen LogP contribution in [-0.2, 0) is 5.41 Å². The summed E-state index contributed by atoms with van der Waals surface area (Å²) in [6.07, 6.45) is 0.871. The fraction of sp³-hybridized carbons (Fsp3) is 0.333. The first-order chi connectivity index (χ1) is 10.0. The molecule has 2 N–H and O–H groups in total. The molecule has 0 bridgehead atoms. The topological polar surface area (TPSA) is 35.2 Å². The quantitative estimate of drug-likeness (QED) is 0.862. The lowest BCUT2D eigenvalue weighted by molar-refractivity contribution is 0.265. The summed E-state index contributed by atoms with van der Waals surface area (Å²) < 4.78 is 5.90. The molecule has 2 aromatic rings. The fourth-order valence-electron chi connectivity index (χ4n) is 2.37. The van der Waals surface area contributed by atoms with Gasteiger partial charge >= 0.3 is 0 Å². The Kier molecular flexibility index (Phi) is 5.27. The summed E-state index contributed by atoms with van der Waals surface area (Å²) in [7, 11) is 0. The second-order valence-electron chi connectivity index (χ2n) is 5.64. The monoisotopic (exact) mass is 303 g/mol. The summed E-state index contributed by atoms with van der Waals surface area (Å²) in [4.78, 5) is 0. The van der Waals surface area contributed by atoms with Crippen LogP contribution in [0.5, 0.6) is 5.75 Å². The molecule has 0 aromatic heterocycles. The first-order valence-corrected chi connectivity index (χ1v) is 7.57. The van der Waals surface area contributed by atoms with E-state index in [-0.39, 0.29) is 5.41 Å². The van der Waals surface area contributed by atoms with E-state index in [1.807, 2.05) is 43.3 Å². The standard InChI is InChI=1S/C18H22ClNO/c1-14-12-16(19)8-9-17(14)21-11-10-18(2,13-20)15-6-4-3-5-7-15/h3-9,12H,10-11,13,20H2,1-2H3. The molecule has 21 heavy (non-hydrogen) atoms. The second-order valence-corrected chi connectivity index (χ2v) is 6.08. The van der Waals surface area contributed by atoms with Gasteiger partial charge in [-0.3, -0.25) is 0 Å². The summed E-state index contributed by atoms with van der Waals surface area (Å²) >= 11 is 5.95. The molecule has 2 rings (SSSR count). The predicted octanol–water partition coefficient (Wildman–Crippen LogP) is 4.33. The Morgan fingerprint density at radius 3 is 2.48 bits per heavy atom. The number of ether oxygens (including phenoxy) is 1. The lowest BCUT2D eigenvalue weighted by Crippen LogP contribution is -2.33. The molecule has 3 heteroatoms. The zero-order valence-electron chi connectivity index (χ0n) is 12.6. The Hall–Kier alpha value is -1.51. The van der Waals surface area contributed by atoms with Crippen LogP contribution in [-0.4, -0.2) is 13.2 Å². The molecule has 112 valence electrons. The molecule has 0 aliphatic carbocycles. The number of benzene rings is 2. The normalized spacial score (nSPS) is 13.7. The Bertz CT molecular complexity index is 585. The van der Waals surface area contributed by atoms with Crippen molar-refractivity contribution in [3.63, 3.8) is 0 Å². The number of aryl methyl sites for hydroxylation is 1. The molecule has 2 aromatic carbocycles. The maximum Gasteiger partial charge on any atom is 0.122 e. The summed E-state index contributed by atoms with van der Waals surface area (Å²) in [6.45, 7) is 5.41. The Morgan fingerprint density at radius 2 is 1.86 bits per heavy atom. The summed E-state index contributed by atoms with van der Waals surface area (Å²) in [6, 6.07) is 16.1. The number of hydrogen-bond acceptors (Lipinski definition) is 2. The maximum absolute atomic E-state index is 6.00. The Labute approximate surface area is 131 Å². The van der Waals surface area contributed by atoms with E-state index in [2.05, 4.69) is 19.1 Å². The van der Waals surface area contributed by atoms with Crippen molar-refractivity contribution in [3.05, 3.63) is 64.7 Å². The van der Waals surface area contributed by atoms with Gasteiger partial charge in [0.25, 0.3) is 0 Å². The predicted molar refractivity (Wildman–Crippen MR) is 89.1 cm³/mol. The minimum absolute atomic E-state index is 0.0679. The van der Waals surface area contributed by atoms with E-state index in [1.165, 1.54) is 5.56 Å². The number of nitrogens with two attached hydrogens (primary N) is 1. The summed E-state index contributed by atoms with van der Waals surface area (Å²) in [5.74, 6) is 0.881. The summed E-state index contributed by atoms with van der Waals surface area (Å²) in [5, 5.41) is 0.732. The molecule has 2 nitrogen and oxygen atoms in total. The third-order valence-corrected chi connectivity index (χ3v) is 4.20. The average molecular weight is 304 g/mol. The van der Waals surface area contributed by atoms with Gasteiger partial charge in [-0.2, -0.15) is 0 Å². The molecular weight excluding hydrogens is 282 g/mol. The molecule has 0 amide bonds. The highest BCUT2D eigenvalue weighted by atomic mass is 35.5. The van der Waals surface area contributed by atoms with Crippen LogP contribution in [0.15, 0.2) is 48.5 Å². The van der Waals surface area contributed by atoms with E-state index < -0.39 is 0 Å². The van der Waals surface area contributed by atoms with Gasteiger partial charge in [0.1, 0.15) is 5.75 Å². The molecule has 0 saturated heterocycles. The SMILES string of the molecule is Cc1cc(Cl)ccc1OCCC(C)(CN)c1ccccc1. The van der Waals surface area contributed by atoms with Crippen molar-refractivity contribution in [2.24, 2.45) is 5.73 Å². The van der Waals surface area contributed by atoms with Crippen LogP contribution in [0.1, 0.15) is 24.5 Å². The van der Waals surface area contributed by atoms with E-state index in [1.54, 1.807) is 0 Å². The molecule has 0 aliphatic heterocycles. The fourth-order valence-corrected chi connectivity index (χ4v) is 2.59. The highest BCUT2D eigenvalue weighted by molar-refractivity contribution is 6.30. The van der Waals surface area contributed by atoms with Crippen LogP contribution < -0.4 is 10.5 Å². The van der Waals surface area contributed by atoms with Gasteiger partial charge in [0.05, 0.1) is 6.61 Å². The van der Waals surface area contributed by atoms with Crippen molar-refractivity contribution in [1.29, 1.82) is 0 Å². The molecule has 0 fully saturated rings. The third kappa shape index (κ3) is 3.99. The van der Waals surface area contributed by atoms with Crippen LogP contribution in [0, 0.1) is 6.92 Å². The van der Waals surface area contributed by atoms with Crippen LogP contribution in [0.25, 0.3) is 0 Å². The highest BCUT2D eigenvalue weighted by Gasteiger charge is 2.24. The van der Waals surface area contributed by atoms with Crippen molar-refractivity contribution in [3.8, 4) is 5.75 Å². The van der Waals surface area contributed by atoms with Gasteiger partial charge in [0, 0.05) is 17.0 Å². The number of halogens is 1. The van der Waals surface area contributed by atoms with Gasteiger partial charge in [0.2, 0.25) is 0 Å². The first-order valence-electron chi connectivity index (χ1n) is 7.20. The molecule has 0 saturated carbocycles. The zero-order valence-corrected chi connectivity index (χ0v) is 13.4. The lowest BCUT2D eigenvalue weighted by atomic mass is 9.80. The van der Waals surface area contributed by atoms with Crippen LogP contribution in [0.3, 0.4) is 0 Å². The van der Waals surface area contributed by atoms with Gasteiger partial charge in [-0.25, -0.2) is 0 Å². The molecule has 0 heterocycles. The first kappa shape index (κ1) is 15.9. The van der Waals surface area contributed by atoms with E-state index in [4.69, 9.17) is 22.1 Å². The van der Waals surface area contributed by atoms with Gasteiger partial charge < -0.3 is 10.5 Å². The van der Waals surface area contributed by atoms with Crippen molar-refractivity contribution >= 4 is 11.6 Å². The third-order valence-electron chi connectivity index (χ3n) is 3.97. The summed E-state index contributed by atoms with van der Waals surface area (Å²) in [5.41, 5.74) is 8.23. The smallest absolute Gasteiger partial charge is 0.122 e. The molecule has 0 aliphatic rings. The van der Waals surface area contributed by atoms with Crippen molar-refractivity contribution < 1.29 is 4.74 Å². The van der Waals surface area contributed by atoms with Crippen LogP contribution >= 0.6 is 11.6 Å². The van der Waals surface area contributed by atoms with E-state index in [0.29, 0.717) is 13.2 Å². The second kappa shape index (κ2) is 6.97. The molecular formula is C18H22ClNO. The molecule has 1 atom stereocenters. The molecule has 1 unspecified atom stereocenters. The van der Waals surface area contributed by atoms with Gasteiger partial charge in [-0.05, 0) is 42.7 Å². The van der Waals surface area contributed by atoms with Crippen LogP contribution in [0.4, 0.5) is 0 Å². The van der Waals surface area contributed by atoms with E-state index >= 15 is 0 Å². The zero-order chi connectivity index (χ0) is 15.3. The minimum atomic E-state index is -0.0679. The van der Waals surface area contributed by atoms with Crippen LogP contribution in [0.2, 0.25) is 5.02 Å². The lowest BCUT2D eigenvalue weighted by Gasteiger charge is -2.28. The van der Waals surface area contributed by atoms with Crippen molar-refractivity contribution in [2.45, 2.75) is 25.7 Å². The number of rotatable bonds is 6. The van der Waals surface area contributed by atoms with Gasteiger partial charge in [0.15, 0.2) is 0 Å². The maximum atomic E-state index is 6.00. The molecule has 0 spiro atoms.